The SMILES string of the molecule is COc1ccc(F)cc1C(=O)CSC(C)C(C)O. The topological polar surface area (TPSA) is 46.5 Å². The van der Waals surface area contributed by atoms with Crippen LogP contribution in [-0.2, 0) is 0 Å². The summed E-state index contributed by atoms with van der Waals surface area (Å²) in [6, 6.07) is 3.86. The van der Waals surface area contributed by atoms with Gasteiger partial charge in [0.2, 0.25) is 0 Å². The van der Waals surface area contributed by atoms with Crippen LogP contribution in [0.5, 0.6) is 5.75 Å². The van der Waals surface area contributed by atoms with Gasteiger partial charge in [-0.05, 0) is 25.1 Å². The molecule has 100 valence electrons. The first-order valence-electron chi connectivity index (χ1n) is 5.62. The number of ether oxygens (including phenoxy) is 1. The lowest BCUT2D eigenvalue weighted by Gasteiger charge is -2.14. The normalized spacial score (nSPS) is 14.1. The van der Waals surface area contributed by atoms with Gasteiger partial charge < -0.3 is 9.84 Å². The molecule has 1 N–H and O–H groups in total. The quantitative estimate of drug-likeness (QED) is 0.808. The molecule has 1 rings (SSSR count). The number of aliphatic hydroxyl groups is 1. The molecule has 2 unspecified atom stereocenters. The van der Waals surface area contributed by atoms with Gasteiger partial charge in [0, 0.05) is 5.25 Å². The van der Waals surface area contributed by atoms with E-state index in [1.807, 2.05) is 6.92 Å². The third-order valence-electron chi connectivity index (χ3n) is 2.62. The molecular weight excluding hydrogens is 255 g/mol. The molecule has 18 heavy (non-hydrogen) atoms. The number of hydrogen-bond donors (Lipinski definition) is 1. The van der Waals surface area contributed by atoms with E-state index in [9.17, 15) is 14.3 Å². The average molecular weight is 272 g/mol. The van der Waals surface area contributed by atoms with E-state index in [0.717, 1.165) is 0 Å². The molecule has 0 fully saturated rings. The molecule has 1 aromatic carbocycles. The Bertz CT molecular complexity index is 421. The smallest absolute Gasteiger partial charge is 0.176 e. The summed E-state index contributed by atoms with van der Waals surface area (Å²) < 4.78 is 18.1. The molecule has 5 heteroatoms. The van der Waals surface area contributed by atoms with Crippen molar-refractivity contribution in [1.82, 2.24) is 0 Å². The van der Waals surface area contributed by atoms with Crippen molar-refractivity contribution in [1.29, 1.82) is 0 Å². The van der Waals surface area contributed by atoms with Crippen molar-refractivity contribution in [2.24, 2.45) is 0 Å². The molecule has 0 saturated heterocycles. The van der Waals surface area contributed by atoms with Crippen molar-refractivity contribution in [2.45, 2.75) is 25.2 Å². The van der Waals surface area contributed by atoms with Crippen LogP contribution < -0.4 is 4.74 Å². The van der Waals surface area contributed by atoms with Gasteiger partial charge >= 0.3 is 0 Å². The predicted octanol–water partition coefficient (Wildman–Crippen LogP) is 2.52. The Morgan fingerprint density at radius 1 is 1.50 bits per heavy atom. The van der Waals surface area contributed by atoms with Crippen LogP contribution in [0.1, 0.15) is 24.2 Å². The number of methoxy groups -OCH3 is 1. The van der Waals surface area contributed by atoms with Crippen molar-refractivity contribution >= 4 is 17.5 Å². The zero-order valence-corrected chi connectivity index (χ0v) is 11.5. The largest absolute Gasteiger partial charge is 0.496 e. The second-order valence-corrected chi connectivity index (χ2v) is 5.39. The monoisotopic (exact) mass is 272 g/mol. The Hall–Kier alpha value is -1.07. The van der Waals surface area contributed by atoms with Crippen molar-refractivity contribution in [2.75, 3.05) is 12.9 Å². The van der Waals surface area contributed by atoms with Crippen LogP contribution >= 0.6 is 11.8 Å². The maximum Gasteiger partial charge on any atom is 0.176 e. The zero-order valence-electron chi connectivity index (χ0n) is 10.6. The maximum atomic E-state index is 13.1. The lowest BCUT2D eigenvalue weighted by atomic mass is 10.1. The fraction of sp³-hybridized carbons (Fsp3) is 0.462. The fourth-order valence-electron chi connectivity index (χ4n) is 1.32. The average Bonchev–Trinajstić information content (AvgIpc) is 2.35. The number of carbonyl (C=O) groups is 1. The minimum absolute atomic E-state index is 0.0477. The lowest BCUT2D eigenvalue weighted by Crippen LogP contribution is -2.18. The summed E-state index contributed by atoms with van der Waals surface area (Å²) in [6.45, 7) is 3.51. The summed E-state index contributed by atoms with van der Waals surface area (Å²) in [6.07, 6.45) is -0.489. The first-order valence-corrected chi connectivity index (χ1v) is 6.67. The molecular formula is C13H17FO3S. The minimum Gasteiger partial charge on any atom is -0.496 e. The molecule has 0 saturated carbocycles. The molecule has 3 nitrogen and oxygen atoms in total. The van der Waals surface area contributed by atoms with E-state index in [1.165, 1.54) is 37.1 Å². The van der Waals surface area contributed by atoms with Gasteiger partial charge in [0.1, 0.15) is 11.6 Å². The van der Waals surface area contributed by atoms with Crippen LogP contribution in [0.15, 0.2) is 18.2 Å². The van der Waals surface area contributed by atoms with E-state index in [4.69, 9.17) is 4.74 Å². The Morgan fingerprint density at radius 2 is 2.17 bits per heavy atom. The zero-order chi connectivity index (χ0) is 13.7. The number of thioether (sulfide) groups is 1. The summed E-state index contributed by atoms with van der Waals surface area (Å²) in [5.74, 6) is -0.116. The molecule has 2 atom stereocenters. The summed E-state index contributed by atoms with van der Waals surface area (Å²) in [5, 5.41) is 9.28. The van der Waals surface area contributed by atoms with Gasteiger partial charge in [0.05, 0.1) is 24.5 Å². The van der Waals surface area contributed by atoms with Crippen LogP contribution in [0.4, 0.5) is 4.39 Å². The van der Waals surface area contributed by atoms with Crippen LogP contribution in [0.2, 0.25) is 0 Å². The molecule has 0 spiro atoms. The highest BCUT2D eigenvalue weighted by molar-refractivity contribution is 8.00. The van der Waals surface area contributed by atoms with E-state index in [2.05, 4.69) is 0 Å². The van der Waals surface area contributed by atoms with Crippen molar-refractivity contribution in [3.05, 3.63) is 29.6 Å². The first kappa shape index (κ1) is 15.0. The Morgan fingerprint density at radius 3 is 2.72 bits per heavy atom. The Balaban J connectivity index is 2.75. The van der Waals surface area contributed by atoms with Crippen LogP contribution in [-0.4, -0.2) is 35.1 Å². The molecule has 1 aromatic rings. The van der Waals surface area contributed by atoms with E-state index >= 15 is 0 Å². The number of halogens is 1. The summed E-state index contributed by atoms with van der Waals surface area (Å²) in [7, 11) is 1.44. The van der Waals surface area contributed by atoms with Gasteiger partial charge in [-0.3, -0.25) is 4.79 Å². The van der Waals surface area contributed by atoms with Gasteiger partial charge in [-0.25, -0.2) is 4.39 Å². The molecule has 0 heterocycles. The number of Topliss-reactive ketones (excluding diaryl/α,β-unsaturated/α-hetero) is 1. The van der Waals surface area contributed by atoms with Gasteiger partial charge in [0.15, 0.2) is 5.78 Å². The number of aliphatic hydroxyl groups excluding tert-OH is 1. The van der Waals surface area contributed by atoms with Crippen molar-refractivity contribution in [3.8, 4) is 5.75 Å². The molecule has 0 radical (unpaired) electrons. The first-order chi connectivity index (χ1) is 8.45. The maximum absolute atomic E-state index is 13.1. The highest BCUT2D eigenvalue weighted by atomic mass is 32.2. The molecule has 0 aliphatic heterocycles. The third-order valence-corrected chi connectivity index (χ3v) is 3.97. The summed E-state index contributed by atoms with van der Waals surface area (Å²) in [4.78, 5) is 12.0. The van der Waals surface area contributed by atoms with E-state index in [1.54, 1.807) is 6.92 Å². The third kappa shape index (κ3) is 3.99. The number of carbonyl (C=O) groups excluding carboxylic acids is 1. The fourth-order valence-corrected chi connectivity index (χ4v) is 2.17. The van der Waals surface area contributed by atoms with Gasteiger partial charge in [-0.1, -0.05) is 6.92 Å². The van der Waals surface area contributed by atoms with E-state index < -0.39 is 11.9 Å². The molecule has 0 bridgehead atoms. The minimum atomic E-state index is -0.489. The van der Waals surface area contributed by atoms with Crippen LogP contribution in [0.25, 0.3) is 0 Å². The van der Waals surface area contributed by atoms with Gasteiger partial charge in [-0.15, -0.1) is 11.8 Å². The standard InChI is InChI=1S/C13H17FO3S/c1-8(15)9(2)18-7-12(16)11-6-10(14)4-5-13(11)17-3/h4-6,8-9,15H,7H2,1-3H3. The lowest BCUT2D eigenvalue weighted by molar-refractivity contribution is 0.101. The number of ketones is 1. The highest BCUT2D eigenvalue weighted by Gasteiger charge is 2.16. The Labute approximate surface area is 110 Å². The number of benzene rings is 1. The van der Waals surface area contributed by atoms with Gasteiger partial charge in [-0.2, -0.15) is 0 Å². The number of hydrogen-bond acceptors (Lipinski definition) is 4. The van der Waals surface area contributed by atoms with Crippen molar-refractivity contribution < 1.29 is 19.0 Å². The number of rotatable bonds is 6. The van der Waals surface area contributed by atoms with Crippen LogP contribution in [0.3, 0.4) is 0 Å². The van der Waals surface area contributed by atoms with E-state index in [0.29, 0.717) is 5.75 Å². The second kappa shape index (κ2) is 6.75. The molecule has 0 amide bonds. The van der Waals surface area contributed by atoms with Gasteiger partial charge in [0.25, 0.3) is 0 Å². The summed E-state index contributed by atoms with van der Waals surface area (Å²) >= 11 is 1.33. The predicted molar refractivity (Wildman–Crippen MR) is 70.9 cm³/mol. The molecule has 0 aliphatic carbocycles. The Kier molecular flexibility index (Phi) is 5.62. The highest BCUT2D eigenvalue weighted by Crippen LogP contribution is 2.23. The summed E-state index contributed by atoms with van der Waals surface area (Å²) in [5.41, 5.74) is 0.239. The second-order valence-electron chi connectivity index (χ2n) is 4.02. The van der Waals surface area contributed by atoms with E-state index in [-0.39, 0.29) is 22.3 Å². The van der Waals surface area contributed by atoms with Crippen LogP contribution in [0, 0.1) is 5.82 Å². The molecule has 0 aromatic heterocycles. The van der Waals surface area contributed by atoms with Crippen molar-refractivity contribution in [3.63, 3.8) is 0 Å². The molecule has 0 aliphatic rings.